The highest BCUT2D eigenvalue weighted by atomic mass is 16.5. The van der Waals surface area contributed by atoms with E-state index in [1.54, 1.807) is 14.2 Å². The number of imide groups is 1. The van der Waals surface area contributed by atoms with E-state index < -0.39 is 0 Å². The summed E-state index contributed by atoms with van der Waals surface area (Å²) in [5.41, 5.74) is 2.20. The number of hydrogen-bond acceptors (Lipinski definition) is 6. The number of carbonyl (C=O) groups is 2. The van der Waals surface area contributed by atoms with Crippen molar-refractivity contribution in [3.8, 4) is 11.5 Å². The highest BCUT2D eigenvalue weighted by molar-refractivity contribution is 6.05. The van der Waals surface area contributed by atoms with Gasteiger partial charge in [0.25, 0.3) is 0 Å². The molecule has 0 N–H and O–H groups in total. The molecule has 2 aromatic carbocycles. The van der Waals surface area contributed by atoms with Crippen molar-refractivity contribution in [3.05, 3.63) is 65.7 Å². The molecule has 0 unspecified atom stereocenters. The molecule has 0 aromatic heterocycles. The number of amides is 2. The van der Waals surface area contributed by atoms with Crippen molar-refractivity contribution < 1.29 is 19.1 Å². The number of nitrogens with zero attached hydrogens (tertiary/aromatic N) is 3. The summed E-state index contributed by atoms with van der Waals surface area (Å²) in [6.07, 6.45) is 5.19. The van der Waals surface area contributed by atoms with Crippen LogP contribution in [0.25, 0.3) is 6.08 Å². The molecular weight excluding hydrogens is 430 g/mol. The Morgan fingerprint density at radius 3 is 2.38 bits per heavy atom. The van der Waals surface area contributed by atoms with E-state index in [9.17, 15) is 9.59 Å². The normalized spacial score (nSPS) is 19.8. The van der Waals surface area contributed by atoms with Gasteiger partial charge in [-0.1, -0.05) is 48.6 Å². The minimum atomic E-state index is -0.333. The van der Waals surface area contributed by atoms with Crippen molar-refractivity contribution in [3.63, 3.8) is 0 Å². The average Bonchev–Trinajstić information content (AvgIpc) is 3.16. The largest absolute Gasteiger partial charge is 0.493 e. The lowest BCUT2D eigenvalue weighted by Gasteiger charge is -2.36. The van der Waals surface area contributed by atoms with Crippen molar-refractivity contribution >= 4 is 17.9 Å². The Balaban J connectivity index is 1.26. The first-order chi connectivity index (χ1) is 16.6. The van der Waals surface area contributed by atoms with Crippen LogP contribution in [-0.4, -0.2) is 86.0 Å². The SMILES string of the molecule is COc1ccc(CCN2C(=O)C[C@H](N3CCN(C/C=C/c4ccccc4)CC3)C2=O)cc1OC. The van der Waals surface area contributed by atoms with Gasteiger partial charge in [0, 0.05) is 39.3 Å². The number of hydrogen-bond donors (Lipinski definition) is 0. The van der Waals surface area contributed by atoms with Crippen molar-refractivity contribution in [1.82, 2.24) is 14.7 Å². The van der Waals surface area contributed by atoms with E-state index in [-0.39, 0.29) is 24.3 Å². The van der Waals surface area contributed by atoms with E-state index in [0.29, 0.717) is 24.5 Å². The first-order valence-electron chi connectivity index (χ1n) is 11.8. The number of rotatable bonds is 9. The second-order valence-electron chi connectivity index (χ2n) is 8.69. The Bertz CT molecular complexity index is 1020. The van der Waals surface area contributed by atoms with Gasteiger partial charge in [0.15, 0.2) is 11.5 Å². The molecular formula is C27H33N3O4. The Morgan fingerprint density at radius 1 is 0.941 bits per heavy atom. The zero-order chi connectivity index (χ0) is 23.9. The van der Waals surface area contributed by atoms with Gasteiger partial charge in [0.1, 0.15) is 0 Å². The van der Waals surface area contributed by atoms with Gasteiger partial charge < -0.3 is 9.47 Å². The lowest BCUT2D eigenvalue weighted by atomic mass is 10.1. The highest BCUT2D eigenvalue weighted by Crippen LogP contribution is 2.28. The first kappa shape index (κ1) is 24.0. The molecule has 0 aliphatic carbocycles. The average molecular weight is 464 g/mol. The Kier molecular flexibility index (Phi) is 7.98. The van der Waals surface area contributed by atoms with Gasteiger partial charge >= 0.3 is 0 Å². The molecule has 180 valence electrons. The number of ether oxygens (including phenoxy) is 2. The van der Waals surface area contributed by atoms with Crippen LogP contribution in [-0.2, 0) is 16.0 Å². The minimum Gasteiger partial charge on any atom is -0.493 e. The fraction of sp³-hybridized carbons (Fsp3) is 0.407. The molecule has 0 radical (unpaired) electrons. The van der Waals surface area contributed by atoms with Crippen molar-refractivity contribution in [2.45, 2.75) is 18.9 Å². The lowest BCUT2D eigenvalue weighted by Crippen LogP contribution is -2.52. The summed E-state index contributed by atoms with van der Waals surface area (Å²) in [7, 11) is 3.19. The highest BCUT2D eigenvalue weighted by Gasteiger charge is 2.42. The first-order valence-corrected chi connectivity index (χ1v) is 11.8. The Morgan fingerprint density at radius 2 is 1.68 bits per heavy atom. The molecule has 34 heavy (non-hydrogen) atoms. The molecule has 2 fully saturated rings. The standard InChI is InChI=1S/C27H33N3O4/c1-33-24-11-10-22(19-25(24)34-2)12-14-30-26(31)20-23(27(30)32)29-17-15-28(16-18-29)13-6-9-21-7-4-3-5-8-21/h3-11,19,23H,12-18,20H2,1-2H3/b9-6+/t23-/m0/s1. The van der Waals surface area contributed by atoms with Crippen molar-refractivity contribution in [2.75, 3.05) is 53.5 Å². The van der Waals surface area contributed by atoms with Crippen LogP contribution in [0.15, 0.2) is 54.6 Å². The molecule has 7 nitrogen and oxygen atoms in total. The quantitative estimate of drug-likeness (QED) is 0.533. The van der Waals surface area contributed by atoms with E-state index >= 15 is 0 Å². The minimum absolute atomic E-state index is 0.0668. The zero-order valence-electron chi connectivity index (χ0n) is 20.0. The number of carbonyl (C=O) groups excluding carboxylic acids is 2. The van der Waals surface area contributed by atoms with E-state index in [0.717, 1.165) is 38.3 Å². The van der Waals surface area contributed by atoms with Gasteiger partial charge in [-0.05, 0) is 29.7 Å². The summed E-state index contributed by atoms with van der Waals surface area (Å²) in [6.45, 7) is 4.65. The molecule has 1 atom stereocenters. The van der Waals surface area contributed by atoms with Crippen LogP contribution in [0.2, 0.25) is 0 Å². The molecule has 7 heteroatoms. The summed E-state index contributed by atoms with van der Waals surface area (Å²) in [5, 5.41) is 0. The Hall–Kier alpha value is -3.16. The van der Waals surface area contributed by atoms with Crippen LogP contribution in [0.4, 0.5) is 0 Å². The summed E-state index contributed by atoms with van der Waals surface area (Å²) in [5.74, 6) is 1.16. The molecule has 2 aliphatic rings. The molecule has 2 amide bonds. The van der Waals surface area contributed by atoms with E-state index in [2.05, 4.69) is 34.1 Å². The summed E-state index contributed by atoms with van der Waals surface area (Å²) >= 11 is 0. The fourth-order valence-electron chi connectivity index (χ4n) is 4.62. The second-order valence-corrected chi connectivity index (χ2v) is 8.69. The molecule has 0 spiro atoms. The molecule has 0 saturated carbocycles. The van der Waals surface area contributed by atoms with Gasteiger partial charge in [-0.2, -0.15) is 0 Å². The zero-order valence-corrected chi connectivity index (χ0v) is 20.0. The van der Waals surface area contributed by atoms with Crippen LogP contribution < -0.4 is 9.47 Å². The maximum atomic E-state index is 13.1. The van der Waals surface area contributed by atoms with Crippen LogP contribution in [0.1, 0.15) is 17.5 Å². The monoisotopic (exact) mass is 463 g/mol. The molecule has 4 rings (SSSR count). The smallest absolute Gasteiger partial charge is 0.247 e. The van der Waals surface area contributed by atoms with Crippen molar-refractivity contribution in [1.29, 1.82) is 0 Å². The van der Waals surface area contributed by atoms with E-state index in [1.165, 1.54) is 10.5 Å². The topological polar surface area (TPSA) is 62.3 Å². The third-order valence-electron chi connectivity index (χ3n) is 6.61. The lowest BCUT2D eigenvalue weighted by molar-refractivity contribution is -0.139. The molecule has 2 saturated heterocycles. The van der Waals surface area contributed by atoms with Crippen molar-refractivity contribution in [2.24, 2.45) is 0 Å². The molecule has 2 heterocycles. The molecule has 0 bridgehead atoms. The Labute approximate surface area is 201 Å². The van der Waals surface area contributed by atoms with Crippen LogP contribution >= 0.6 is 0 Å². The van der Waals surface area contributed by atoms with Crippen LogP contribution in [0, 0.1) is 0 Å². The van der Waals surface area contributed by atoms with E-state index in [1.807, 2.05) is 36.4 Å². The molecule has 2 aromatic rings. The third-order valence-corrected chi connectivity index (χ3v) is 6.61. The fourth-order valence-corrected chi connectivity index (χ4v) is 4.62. The maximum Gasteiger partial charge on any atom is 0.247 e. The van der Waals surface area contributed by atoms with Gasteiger partial charge in [-0.25, -0.2) is 0 Å². The number of benzene rings is 2. The maximum absolute atomic E-state index is 13.1. The van der Waals surface area contributed by atoms with Crippen LogP contribution in [0.5, 0.6) is 11.5 Å². The number of piperazine rings is 1. The van der Waals surface area contributed by atoms with Crippen LogP contribution in [0.3, 0.4) is 0 Å². The summed E-state index contributed by atoms with van der Waals surface area (Å²) in [6, 6.07) is 15.6. The number of likely N-dealkylation sites (tertiary alicyclic amines) is 1. The number of methoxy groups -OCH3 is 2. The predicted octanol–water partition coefficient (Wildman–Crippen LogP) is 2.70. The predicted molar refractivity (Wildman–Crippen MR) is 132 cm³/mol. The van der Waals surface area contributed by atoms with Gasteiger partial charge in [0.2, 0.25) is 11.8 Å². The molecule has 2 aliphatic heterocycles. The second kappa shape index (κ2) is 11.3. The van der Waals surface area contributed by atoms with Gasteiger partial charge in [0.05, 0.1) is 26.7 Å². The van der Waals surface area contributed by atoms with E-state index in [4.69, 9.17) is 9.47 Å². The summed E-state index contributed by atoms with van der Waals surface area (Å²) < 4.78 is 10.6. The third kappa shape index (κ3) is 5.66. The van der Waals surface area contributed by atoms with Gasteiger partial charge in [-0.3, -0.25) is 24.3 Å². The summed E-state index contributed by atoms with van der Waals surface area (Å²) in [4.78, 5) is 31.7. The van der Waals surface area contributed by atoms with Gasteiger partial charge in [-0.15, -0.1) is 0 Å².